The molecule has 9 nitrogen and oxygen atoms in total. The van der Waals surface area contributed by atoms with Crippen LogP contribution in [0.25, 0.3) is 5.69 Å². The van der Waals surface area contributed by atoms with Gasteiger partial charge in [-0.2, -0.15) is 0 Å². The quantitative estimate of drug-likeness (QED) is 0.704. The minimum atomic E-state index is -0.664. The summed E-state index contributed by atoms with van der Waals surface area (Å²) in [5.74, 6) is 1.73. The Morgan fingerprint density at radius 3 is 3.00 bits per heavy atom. The zero-order valence-corrected chi connectivity index (χ0v) is 14.5. The van der Waals surface area contributed by atoms with Crippen LogP contribution in [0, 0.1) is 0 Å². The third-order valence-corrected chi connectivity index (χ3v) is 4.02. The van der Waals surface area contributed by atoms with Gasteiger partial charge in [-0.05, 0) is 47.2 Å². The van der Waals surface area contributed by atoms with Crippen LogP contribution in [0.1, 0.15) is 12.5 Å². The minimum absolute atomic E-state index is 0.222. The van der Waals surface area contributed by atoms with Crippen molar-refractivity contribution in [3.8, 4) is 22.9 Å². The zero-order chi connectivity index (χ0) is 18.6. The summed E-state index contributed by atoms with van der Waals surface area (Å²) in [7, 11) is 0. The molecule has 1 aliphatic heterocycles. The second kappa shape index (κ2) is 7.32. The van der Waals surface area contributed by atoms with E-state index < -0.39 is 6.10 Å². The van der Waals surface area contributed by atoms with Crippen molar-refractivity contribution in [3.63, 3.8) is 0 Å². The summed E-state index contributed by atoms with van der Waals surface area (Å²) in [5.41, 5.74) is 1.66. The van der Waals surface area contributed by atoms with Crippen LogP contribution in [0.5, 0.6) is 17.2 Å². The van der Waals surface area contributed by atoms with Crippen LogP contribution in [0.3, 0.4) is 0 Å². The van der Waals surface area contributed by atoms with Crippen LogP contribution in [-0.4, -0.2) is 39.0 Å². The molecule has 1 aromatic heterocycles. The monoisotopic (exact) mass is 367 g/mol. The maximum Gasteiger partial charge on any atom is 0.261 e. The van der Waals surface area contributed by atoms with Crippen molar-refractivity contribution in [2.45, 2.75) is 19.6 Å². The van der Waals surface area contributed by atoms with Crippen LogP contribution in [0.15, 0.2) is 48.8 Å². The number of nitrogens with one attached hydrogen (secondary N) is 1. The highest BCUT2D eigenvalue weighted by atomic mass is 16.7. The lowest BCUT2D eigenvalue weighted by molar-refractivity contribution is -0.127. The minimum Gasteiger partial charge on any atom is -0.481 e. The van der Waals surface area contributed by atoms with Gasteiger partial charge in [0.15, 0.2) is 17.6 Å². The largest absolute Gasteiger partial charge is 0.481 e. The molecule has 27 heavy (non-hydrogen) atoms. The number of nitrogens with zero attached hydrogens (tertiary/aromatic N) is 4. The van der Waals surface area contributed by atoms with Gasteiger partial charge in [0.2, 0.25) is 6.79 Å². The van der Waals surface area contributed by atoms with Crippen LogP contribution in [-0.2, 0) is 11.3 Å². The van der Waals surface area contributed by atoms with E-state index in [9.17, 15) is 4.79 Å². The van der Waals surface area contributed by atoms with Crippen molar-refractivity contribution in [1.29, 1.82) is 0 Å². The molecule has 3 aromatic rings. The molecule has 0 aliphatic carbocycles. The van der Waals surface area contributed by atoms with E-state index in [1.807, 2.05) is 30.3 Å². The van der Waals surface area contributed by atoms with Gasteiger partial charge in [-0.25, -0.2) is 4.68 Å². The van der Waals surface area contributed by atoms with E-state index >= 15 is 0 Å². The summed E-state index contributed by atoms with van der Waals surface area (Å²) in [6.45, 7) is 2.28. The molecule has 0 saturated heterocycles. The second-order valence-electron chi connectivity index (χ2n) is 5.92. The number of rotatable bonds is 6. The van der Waals surface area contributed by atoms with Gasteiger partial charge in [-0.1, -0.05) is 12.1 Å². The Morgan fingerprint density at radius 2 is 2.15 bits per heavy atom. The molecular weight excluding hydrogens is 350 g/mol. The Morgan fingerprint density at radius 1 is 1.26 bits per heavy atom. The molecular formula is C18H17N5O4. The summed E-state index contributed by atoms with van der Waals surface area (Å²) in [6, 6.07) is 12.7. The van der Waals surface area contributed by atoms with Gasteiger partial charge in [-0.3, -0.25) is 4.79 Å². The first-order valence-electron chi connectivity index (χ1n) is 8.35. The Bertz CT molecular complexity index is 945. The lowest BCUT2D eigenvalue weighted by Gasteiger charge is -2.15. The third-order valence-electron chi connectivity index (χ3n) is 4.02. The second-order valence-corrected chi connectivity index (χ2v) is 5.92. The van der Waals surface area contributed by atoms with Crippen molar-refractivity contribution in [1.82, 2.24) is 25.5 Å². The summed E-state index contributed by atoms with van der Waals surface area (Å²) in [4.78, 5) is 12.3. The maximum absolute atomic E-state index is 12.3. The highest BCUT2D eigenvalue weighted by Crippen LogP contribution is 2.32. The molecule has 138 valence electrons. The first kappa shape index (κ1) is 16.8. The molecule has 1 atom stereocenters. The number of ether oxygens (including phenoxy) is 3. The SMILES string of the molecule is CC(Oc1cccc(-n2cnnn2)c1)C(=O)NCc1ccc2c(c1)OCO2. The van der Waals surface area contributed by atoms with Gasteiger partial charge in [0, 0.05) is 12.6 Å². The summed E-state index contributed by atoms with van der Waals surface area (Å²) in [5, 5.41) is 13.9. The average Bonchev–Trinajstić information content (AvgIpc) is 3.37. The van der Waals surface area contributed by atoms with Crippen LogP contribution >= 0.6 is 0 Å². The highest BCUT2D eigenvalue weighted by Gasteiger charge is 2.17. The number of hydrogen-bond donors (Lipinski definition) is 1. The number of benzene rings is 2. The Kier molecular flexibility index (Phi) is 4.56. The summed E-state index contributed by atoms with van der Waals surface area (Å²) in [6.07, 6.45) is 0.823. The molecule has 9 heteroatoms. The first-order valence-corrected chi connectivity index (χ1v) is 8.35. The Balaban J connectivity index is 1.35. The van der Waals surface area contributed by atoms with Crippen molar-refractivity contribution >= 4 is 5.91 Å². The number of amides is 1. The predicted molar refractivity (Wildman–Crippen MR) is 93.7 cm³/mol. The lowest BCUT2D eigenvalue weighted by Crippen LogP contribution is -2.35. The van der Waals surface area contributed by atoms with Crippen molar-refractivity contribution in [2.24, 2.45) is 0 Å². The van der Waals surface area contributed by atoms with Crippen LogP contribution in [0.2, 0.25) is 0 Å². The topological polar surface area (TPSA) is 100 Å². The van der Waals surface area contributed by atoms with Crippen molar-refractivity contribution in [3.05, 3.63) is 54.4 Å². The molecule has 0 spiro atoms. The highest BCUT2D eigenvalue weighted by molar-refractivity contribution is 5.80. The number of carbonyl (C=O) groups is 1. The third kappa shape index (κ3) is 3.81. The zero-order valence-electron chi connectivity index (χ0n) is 14.5. The molecule has 1 N–H and O–H groups in total. The molecule has 0 fully saturated rings. The lowest BCUT2D eigenvalue weighted by atomic mass is 10.2. The molecule has 1 unspecified atom stereocenters. The molecule has 1 amide bonds. The van der Waals surface area contributed by atoms with E-state index in [2.05, 4.69) is 20.8 Å². The summed E-state index contributed by atoms with van der Waals surface area (Å²) < 4.78 is 17.9. The van der Waals surface area contributed by atoms with Gasteiger partial charge < -0.3 is 19.5 Å². The number of tetrazole rings is 1. The van der Waals surface area contributed by atoms with Gasteiger partial charge in [0.05, 0.1) is 5.69 Å². The van der Waals surface area contributed by atoms with Gasteiger partial charge >= 0.3 is 0 Å². The van der Waals surface area contributed by atoms with E-state index in [1.54, 1.807) is 19.1 Å². The van der Waals surface area contributed by atoms with Gasteiger partial charge in [0.25, 0.3) is 5.91 Å². The summed E-state index contributed by atoms with van der Waals surface area (Å²) >= 11 is 0. The molecule has 1 aliphatic rings. The van der Waals surface area contributed by atoms with Crippen LogP contribution in [0.4, 0.5) is 0 Å². The number of aromatic nitrogens is 4. The molecule has 0 radical (unpaired) electrons. The standard InChI is InChI=1S/C18H17N5O4/c1-12(27-15-4-2-3-14(8-15)23-10-20-21-22-23)18(24)19-9-13-5-6-16-17(7-13)26-11-25-16/h2-8,10,12H,9,11H2,1H3,(H,19,24). The predicted octanol–water partition coefficient (Wildman–Crippen LogP) is 1.47. The Hall–Kier alpha value is -3.62. The fourth-order valence-corrected chi connectivity index (χ4v) is 2.62. The maximum atomic E-state index is 12.3. The number of hydrogen-bond acceptors (Lipinski definition) is 7. The van der Waals surface area contributed by atoms with E-state index in [-0.39, 0.29) is 12.7 Å². The van der Waals surface area contributed by atoms with E-state index in [1.165, 1.54) is 11.0 Å². The normalized spacial score (nSPS) is 13.2. The molecule has 0 saturated carbocycles. The van der Waals surface area contributed by atoms with Gasteiger partial charge in [0.1, 0.15) is 12.1 Å². The fourth-order valence-electron chi connectivity index (χ4n) is 2.62. The molecule has 4 rings (SSSR count). The van der Waals surface area contributed by atoms with E-state index in [4.69, 9.17) is 14.2 Å². The van der Waals surface area contributed by atoms with Crippen molar-refractivity contribution in [2.75, 3.05) is 6.79 Å². The smallest absolute Gasteiger partial charge is 0.261 e. The molecule has 0 bridgehead atoms. The fraction of sp³-hybridized carbons (Fsp3) is 0.222. The number of carbonyl (C=O) groups excluding carboxylic acids is 1. The van der Waals surface area contributed by atoms with Crippen LogP contribution < -0.4 is 19.5 Å². The van der Waals surface area contributed by atoms with E-state index in [0.29, 0.717) is 23.8 Å². The number of fused-ring (bicyclic) bond motifs is 1. The Labute approximate surface area is 154 Å². The molecule has 2 heterocycles. The van der Waals surface area contributed by atoms with Gasteiger partial charge in [-0.15, -0.1) is 5.10 Å². The van der Waals surface area contributed by atoms with Crippen molar-refractivity contribution < 1.29 is 19.0 Å². The first-order chi connectivity index (χ1) is 13.2. The molecule has 2 aromatic carbocycles. The average molecular weight is 367 g/mol. The van der Waals surface area contributed by atoms with E-state index in [0.717, 1.165) is 11.3 Å².